The Morgan fingerprint density at radius 2 is 2.20 bits per heavy atom. The van der Waals surface area contributed by atoms with Crippen molar-refractivity contribution in [1.82, 2.24) is 10.3 Å². The monoisotopic (exact) mass is 340 g/mol. The molecule has 0 bridgehead atoms. The van der Waals surface area contributed by atoms with Crippen molar-refractivity contribution in [2.75, 3.05) is 27.4 Å². The Labute approximate surface area is 126 Å². The molecular weight excluding hydrogens is 324 g/mol. The van der Waals surface area contributed by atoms with Crippen molar-refractivity contribution in [3.63, 3.8) is 0 Å². The molecule has 0 unspecified atom stereocenters. The van der Waals surface area contributed by atoms with E-state index in [0.29, 0.717) is 24.8 Å². The van der Waals surface area contributed by atoms with Gasteiger partial charge in [-0.3, -0.25) is 0 Å². The van der Waals surface area contributed by atoms with Gasteiger partial charge in [0.25, 0.3) is 0 Å². The maximum absolute atomic E-state index is 5.72. The van der Waals surface area contributed by atoms with Gasteiger partial charge in [0.15, 0.2) is 5.76 Å². The predicted molar refractivity (Wildman–Crippen MR) is 79.8 cm³/mol. The number of benzene rings is 1. The van der Waals surface area contributed by atoms with Gasteiger partial charge in [0.05, 0.1) is 32.0 Å². The lowest BCUT2D eigenvalue weighted by molar-refractivity contribution is 0.198. The van der Waals surface area contributed by atoms with E-state index in [4.69, 9.17) is 13.9 Å². The molecule has 6 heteroatoms. The molecule has 0 radical (unpaired) electrons. The molecule has 2 aromatic rings. The minimum Gasteiger partial charge on any atom is -0.496 e. The largest absolute Gasteiger partial charge is 0.496 e. The number of hydrogen-bond acceptors (Lipinski definition) is 5. The number of ether oxygens (including phenoxy) is 2. The Hall–Kier alpha value is -1.37. The van der Waals surface area contributed by atoms with Crippen LogP contribution >= 0.6 is 15.9 Å². The zero-order chi connectivity index (χ0) is 14.4. The molecule has 0 atom stereocenters. The second-order valence-electron chi connectivity index (χ2n) is 4.13. The lowest BCUT2D eigenvalue weighted by Crippen LogP contribution is -2.18. The lowest BCUT2D eigenvalue weighted by atomic mass is 10.1. The highest BCUT2D eigenvalue weighted by Gasteiger charge is 2.11. The maximum Gasteiger partial charge on any atom is 0.208 e. The summed E-state index contributed by atoms with van der Waals surface area (Å²) in [7, 11) is 3.31. The van der Waals surface area contributed by atoms with Crippen molar-refractivity contribution >= 4 is 15.9 Å². The molecule has 1 aromatic carbocycles. The third-order valence-electron chi connectivity index (χ3n) is 2.74. The van der Waals surface area contributed by atoms with Crippen LogP contribution in [0.25, 0.3) is 11.3 Å². The molecule has 5 nitrogen and oxygen atoms in total. The zero-order valence-corrected chi connectivity index (χ0v) is 13.1. The van der Waals surface area contributed by atoms with Crippen LogP contribution in [0.3, 0.4) is 0 Å². The summed E-state index contributed by atoms with van der Waals surface area (Å²) in [5.41, 5.74) is 0.881. The molecule has 1 aromatic heterocycles. The smallest absolute Gasteiger partial charge is 0.208 e. The molecule has 2 rings (SSSR count). The molecule has 0 amide bonds. The van der Waals surface area contributed by atoms with E-state index in [0.717, 1.165) is 22.3 Å². The summed E-state index contributed by atoms with van der Waals surface area (Å²) in [5.74, 6) is 2.08. The highest BCUT2D eigenvalue weighted by atomic mass is 79.9. The summed E-state index contributed by atoms with van der Waals surface area (Å²) < 4.78 is 17.0. The van der Waals surface area contributed by atoms with E-state index in [1.54, 1.807) is 20.4 Å². The number of hydrogen-bond donors (Lipinski definition) is 1. The van der Waals surface area contributed by atoms with Crippen LogP contribution in [0.2, 0.25) is 0 Å². The van der Waals surface area contributed by atoms with Crippen LogP contribution in [-0.4, -0.2) is 32.4 Å². The molecular formula is C14H17BrN2O3. The van der Waals surface area contributed by atoms with Crippen molar-refractivity contribution in [3.8, 4) is 17.1 Å². The molecule has 1 heterocycles. The van der Waals surface area contributed by atoms with E-state index in [1.807, 2.05) is 18.2 Å². The van der Waals surface area contributed by atoms with Crippen molar-refractivity contribution in [1.29, 1.82) is 0 Å². The molecule has 108 valence electrons. The Morgan fingerprint density at radius 3 is 2.95 bits per heavy atom. The average Bonchev–Trinajstić information content (AvgIpc) is 2.92. The van der Waals surface area contributed by atoms with Gasteiger partial charge >= 0.3 is 0 Å². The molecule has 0 fully saturated rings. The van der Waals surface area contributed by atoms with E-state index in [2.05, 4.69) is 26.2 Å². The van der Waals surface area contributed by atoms with E-state index in [-0.39, 0.29) is 0 Å². The molecule has 1 N–H and O–H groups in total. The Kier molecular flexibility index (Phi) is 5.58. The number of nitrogens with zero attached hydrogens (tertiary/aromatic N) is 1. The fourth-order valence-corrected chi connectivity index (χ4v) is 2.09. The first-order valence-corrected chi connectivity index (χ1v) is 7.02. The normalized spacial score (nSPS) is 10.8. The summed E-state index contributed by atoms with van der Waals surface area (Å²) in [6, 6.07) is 5.77. The first-order chi connectivity index (χ1) is 9.74. The summed E-state index contributed by atoms with van der Waals surface area (Å²) in [6.45, 7) is 1.99. The minimum atomic E-state index is 0.572. The van der Waals surface area contributed by atoms with E-state index in [9.17, 15) is 0 Å². The number of halogens is 1. The fourth-order valence-electron chi connectivity index (χ4n) is 1.75. The highest BCUT2D eigenvalue weighted by Crippen LogP contribution is 2.32. The van der Waals surface area contributed by atoms with Crippen molar-refractivity contribution in [3.05, 3.63) is 34.8 Å². The Bertz CT molecular complexity index is 557. The summed E-state index contributed by atoms with van der Waals surface area (Å²) in [4.78, 5) is 4.25. The molecule has 20 heavy (non-hydrogen) atoms. The van der Waals surface area contributed by atoms with Crippen LogP contribution in [0.5, 0.6) is 5.75 Å². The van der Waals surface area contributed by atoms with Gasteiger partial charge in [-0.2, -0.15) is 0 Å². The number of nitrogens with one attached hydrogen (secondary N) is 1. The van der Waals surface area contributed by atoms with Crippen molar-refractivity contribution in [2.24, 2.45) is 0 Å². The quantitative estimate of drug-likeness (QED) is 0.785. The van der Waals surface area contributed by atoms with Crippen LogP contribution in [-0.2, 0) is 11.3 Å². The van der Waals surface area contributed by atoms with Gasteiger partial charge in [-0.15, -0.1) is 0 Å². The average molecular weight is 341 g/mol. The zero-order valence-electron chi connectivity index (χ0n) is 11.5. The number of rotatable bonds is 7. The van der Waals surface area contributed by atoms with Crippen LogP contribution < -0.4 is 10.1 Å². The van der Waals surface area contributed by atoms with Gasteiger partial charge in [0.1, 0.15) is 5.75 Å². The number of methoxy groups -OCH3 is 2. The van der Waals surface area contributed by atoms with E-state index in [1.165, 1.54) is 0 Å². The molecule has 0 aliphatic carbocycles. The molecule has 0 aliphatic rings. The van der Waals surface area contributed by atoms with Gasteiger partial charge < -0.3 is 19.2 Å². The first kappa shape index (κ1) is 15.0. The standard InChI is InChI=1S/C14H17BrN2O3/c1-18-6-5-16-9-14-17-8-13(20-14)11-4-3-10(15)7-12(11)19-2/h3-4,7-8,16H,5-6,9H2,1-2H3. The van der Waals surface area contributed by atoms with Gasteiger partial charge in [0, 0.05) is 18.1 Å². The fraction of sp³-hybridized carbons (Fsp3) is 0.357. The summed E-state index contributed by atoms with van der Waals surface area (Å²) in [5, 5.41) is 3.19. The third-order valence-corrected chi connectivity index (χ3v) is 3.24. The number of oxazole rings is 1. The third kappa shape index (κ3) is 3.82. The molecule has 0 spiro atoms. The second kappa shape index (κ2) is 7.42. The topological polar surface area (TPSA) is 56.5 Å². The van der Waals surface area contributed by atoms with Crippen LogP contribution in [0.15, 0.2) is 33.3 Å². The van der Waals surface area contributed by atoms with E-state index >= 15 is 0 Å². The highest BCUT2D eigenvalue weighted by molar-refractivity contribution is 9.10. The molecule has 0 aliphatic heterocycles. The summed E-state index contributed by atoms with van der Waals surface area (Å²) in [6.07, 6.45) is 1.71. The van der Waals surface area contributed by atoms with Gasteiger partial charge in [0.2, 0.25) is 5.89 Å². The van der Waals surface area contributed by atoms with Gasteiger partial charge in [-0.05, 0) is 18.2 Å². The van der Waals surface area contributed by atoms with Gasteiger partial charge in [-0.25, -0.2) is 4.98 Å². The van der Waals surface area contributed by atoms with Crippen LogP contribution in [0.1, 0.15) is 5.89 Å². The molecule has 0 saturated heterocycles. The number of aromatic nitrogens is 1. The van der Waals surface area contributed by atoms with Crippen molar-refractivity contribution < 1.29 is 13.9 Å². The first-order valence-electron chi connectivity index (χ1n) is 6.23. The van der Waals surface area contributed by atoms with Crippen LogP contribution in [0.4, 0.5) is 0 Å². The van der Waals surface area contributed by atoms with Crippen LogP contribution in [0, 0.1) is 0 Å². The Morgan fingerprint density at radius 1 is 1.35 bits per heavy atom. The van der Waals surface area contributed by atoms with Gasteiger partial charge in [-0.1, -0.05) is 15.9 Å². The summed E-state index contributed by atoms with van der Waals surface area (Å²) >= 11 is 3.42. The molecule has 0 saturated carbocycles. The maximum atomic E-state index is 5.72. The van der Waals surface area contributed by atoms with Crippen molar-refractivity contribution in [2.45, 2.75) is 6.54 Å². The predicted octanol–water partition coefficient (Wildman–Crippen LogP) is 2.85. The minimum absolute atomic E-state index is 0.572. The second-order valence-corrected chi connectivity index (χ2v) is 5.05. The lowest BCUT2D eigenvalue weighted by Gasteiger charge is -2.06. The Balaban J connectivity index is 2.08. The SMILES string of the molecule is COCCNCc1ncc(-c2ccc(Br)cc2OC)o1. The van der Waals surface area contributed by atoms with E-state index < -0.39 is 0 Å².